The lowest BCUT2D eigenvalue weighted by Crippen LogP contribution is -2.40. The van der Waals surface area contributed by atoms with Gasteiger partial charge < -0.3 is 5.73 Å². The van der Waals surface area contributed by atoms with Gasteiger partial charge in [0.1, 0.15) is 0 Å². The molecule has 0 saturated heterocycles. The van der Waals surface area contributed by atoms with Crippen molar-refractivity contribution in [1.82, 2.24) is 4.90 Å². The van der Waals surface area contributed by atoms with E-state index >= 15 is 0 Å². The Labute approximate surface area is 131 Å². The molecule has 1 unspecified atom stereocenters. The molecule has 0 radical (unpaired) electrons. The van der Waals surface area contributed by atoms with Crippen LogP contribution >= 0.6 is 43.2 Å². The van der Waals surface area contributed by atoms with Crippen LogP contribution in [-0.2, 0) is 0 Å². The number of thiophene rings is 1. The molecule has 0 amide bonds. The van der Waals surface area contributed by atoms with Gasteiger partial charge in [-0.1, -0.05) is 13.8 Å². The highest BCUT2D eigenvalue weighted by molar-refractivity contribution is 9.13. The third-order valence-electron chi connectivity index (χ3n) is 2.86. The highest BCUT2D eigenvalue weighted by atomic mass is 79.9. The van der Waals surface area contributed by atoms with Crippen LogP contribution in [0.4, 0.5) is 0 Å². The number of hydrogen-bond donors (Lipinski definition) is 1. The van der Waals surface area contributed by atoms with E-state index in [2.05, 4.69) is 70.5 Å². The summed E-state index contributed by atoms with van der Waals surface area (Å²) in [5, 5.41) is 0. The van der Waals surface area contributed by atoms with E-state index in [9.17, 15) is 0 Å². The van der Waals surface area contributed by atoms with Crippen molar-refractivity contribution in [2.45, 2.75) is 39.8 Å². The zero-order valence-corrected chi connectivity index (χ0v) is 15.4. The van der Waals surface area contributed by atoms with E-state index in [1.165, 1.54) is 4.88 Å². The first-order valence-electron chi connectivity index (χ1n) is 6.27. The van der Waals surface area contributed by atoms with Crippen molar-refractivity contribution in [3.8, 4) is 0 Å². The smallest absolute Gasteiger partial charge is 0.0843 e. The highest BCUT2D eigenvalue weighted by Gasteiger charge is 2.24. The average Bonchev–Trinajstić information content (AvgIpc) is 2.58. The summed E-state index contributed by atoms with van der Waals surface area (Å²) in [6, 6.07) is 2.99. The highest BCUT2D eigenvalue weighted by Crippen LogP contribution is 2.37. The third-order valence-corrected chi connectivity index (χ3v) is 6.21. The Morgan fingerprint density at radius 1 is 1.28 bits per heavy atom. The maximum atomic E-state index is 6.01. The van der Waals surface area contributed by atoms with Gasteiger partial charge in [-0.15, -0.1) is 11.3 Å². The van der Waals surface area contributed by atoms with Crippen LogP contribution in [0.1, 0.15) is 38.6 Å². The SMILES string of the molecule is CC(C)CN(C(C)C)C(CN)c1cc(Br)c(Br)s1. The summed E-state index contributed by atoms with van der Waals surface area (Å²) in [5.41, 5.74) is 6.01. The molecule has 0 spiro atoms. The van der Waals surface area contributed by atoms with Gasteiger partial charge >= 0.3 is 0 Å². The van der Waals surface area contributed by atoms with Gasteiger partial charge in [0.2, 0.25) is 0 Å². The fourth-order valence-corrected chi connectivity index (χ4v) is 4.29. The number of hydrogen-bond acceptors (Lipinski definition) is 3. The van der Waals surface area contributed by atoms with Gasteiger partial charge in [-0.3, -0.25) is 4.90 Å². The van der Waals surface area contributed by atoms with Crippen molar-refractivity contribution in [1.29, 1.82) is 0 Å². The monoisotopic (exact) mass is 396 g/mol. The van der Waals surface area contributed by atoms with Gasteiger partial charge in [-0.05, 0) is 57.7 Å². The molecule has 1 aromatic heterocycles. The third kappa shape index (κ3) is 4.30. The first-order chi connectivity index (χ1) is 8.36. The Morgan fingerprint density at radius 3 is 2.22 bits per heavy atom. The van der Waals surface area contributed by atoms with Gasteiger partial charge in [0.05, 0.1) is 9.83 Å². The van der Waals surface area contributed by atoms with Crippen LogP contribution in [-0.4, -0.2) is 24.0 Å². The normalized spacial score (nSPS) is 13.9. The fraction of sp³-hybridized carbons (Fsp3) is 0.692. The predicted molar refractivity (Wildman–Crippen MR) is 88.2 cm³/mol. The first kappa shape index (κ1) is 16.6. The summed E-state index contributed by atoms with van der Waals surface area (Å²) >= 11 is 8.89. The van der Waals surface area contributed by atoms with E-state index in [0.717, 1.165) is 14.8 Å². The summed E-state index contributed by atoms with van der Waals surface area (Å²) in [6.07, 6.45) is 0. The largest absolute Gasteiger partial charge is 0.329 e. The van der Waals surface area contributed by atoms with Crippen molar-refractivity contribution in [3.63, 3.8) is 0 Å². The van der Waals surface area contributed by atoms with Crippen LogP contribution in [0.25, 0.3) is 0 Å². The lowest BCUT2D eigenvalue weighted by atomic mass is 10.1. The summed E-state index contributed by atoms with van der Waals surface area (Å²) in [5.74, 6) is 0.647. The summed E-state index contributed by atoms with van der Waals surface area (Å²) in [6.45, 7) is 10.7. The van der Waals surface area contributed by atoms with E-state index in [-0.39, 0.29) is 0 Å². The second-order valence-corrected chi connectivity index (χ2v) is 8.46. The van der Waals surface area contributed by atoms with Crippen LogP contribution in [0, 0.1) is 5.92 Å². The quantitative estimate of drug-likeness (QED) is 0.757. The molecular weight excluding hydrogens is 376 g/mol. The average molecular weight is 398 g/mol. The molecule has 104 valence electrons. The Balaban J connectivity index is 2.97. The summed E-state index contributed by atoms with van der Waals surface area (Å²) < 4.78 is 2.26. The van der Waals surface area contributed by atoms with Crippen LogP contribution in [0.2, 0.25) is 0 Å². The van der Waals surface area contributed by atoms with E-state index in [1.54, 1.807) is 11.3 Å². The molecule has 0 saturated carbocycles. The van der Waals surface area contributed by atoms with E-state index in [0.29, 0.717) is 24.5 Å². The standard InChI is InChI=1S/C13H22Br2N2S/c1-8(2)7-17(9(3)4)11(6-16)12-5-10(14)13(15)18-12/h5,8-9,11H,6-7,16H2,1-4H3. The van der Waals surface area contributed by atoms with Crippen LogP contribution in [0.3, 0.4) is 0 Å². The molecule has 0 aromatic carbocycles. The zero-order valence-electron chi connectivity index (χ0n) is 11.4. The van der Waals surface area contributed by atoms with Gasteiger partial charge in [-0.25, -0.2) is 0 Å². The zero-order chi connectivity index (χ0) is 13.9. The Bertz CT molecular complexity index is 358. The number of nitrogens with zero attached hydrogens (tertiary/aromatic N) is 1. The molecule has 5 heteroatoms. The van der Waals surface area contributed by atoms with E-state index < -0.39 is 0 Å². The lowest BCUT2D eigenvalue weighted by molar-refractivity contribution is 0.140. The molecule has 1 aromatic rings. The molecule has 1 atom stereocenters. The van der Waals surface area contributed by atoms with Gasteiger partial charge in [0.25, 0.3) is 0 Å². The maximum absolute atomic E-state index is 6.01. The van der Waals surface area contributed by atoms with Crippen LogP contribution in [0.5, 0.6) is 0 Å². The molecule has 0 fully saturated rings. The first-order valence-corrected chi connectivity index (χ1v) is 8.67. The molecule has 0 aliphatic rings. The van der Waals surface area contributed by atoms with E-state index in [1.807, 2.05) is 0 Å². The summed E-state index contributed by atoms with van der Waals surface area (Å²) in [4.78, 5) is 3.82. The molecule has 0 aliphatic carbocycles. The van der Waals surface area contributed by atoms with Crippen LogP contribution in [0.15, 0.2) is 14.3 Å². The minimum Gasteiger partial charge on any atom is -0.329 e. The maximum Gasteiger partial charge on any atom is 0.0843 e. The van der Waals surface area contributed by atoms with Gasteiger partial charge in [0, 0.05) is 28.5 Å². The molecular formula is C13H22Br2N2S. The van der Waals surface area contributed by atoms with Crippen molar-refractivity contribution < 1.29 is 0 Å². The lowest BCUT2D eigenvalue weighted by Gasteiger charge is -2.35. The number of rotatable bonds is 6. The molecule has 0 bridgehead atoms. The second-order valence-electron chi connectivity index (χ2n) is 5.21. The van der Waals surface area contributed by atoms with Crippen LogP contribution < -0.4 is 5.73 Å². The molecule has 2 nitrogen and oxygen atoms in total. The van der Waals surface area contributed by atoms with Gasteiger partial charge in [0.15, 0.2) is 0 Å². The Hall–Kier alpha value is 0.580. The predicted octanol–water partition coefficient (Wildman–Crippen LogP) is 4.64. The molecule has 0 aliphatic heterocycles. The summed E-state index contributed by atoms with van der Waals surface area (Å²) in [7, 11) is 0. The second kappa shape index (κ2) is 7.39. The van der Waals surface area contributed by atoms with Crippen molar-refractivity contribution in [2.75, 3.05) is 13.1 Å². The molecule has 18 heavy (non-hydrogen) atoms. The molecule has 2 N–H and O–H groups in total. The minimum absolute atomic E-state index is 0.306. The Kier molecular flexibility index (Phi) is 6.83. The van der Waals surface area contributed by atoms with Crippen molar-refractivity contribution >= 4 is 43.2 Å². The number of halogens is 2. The number of nitrogens with two attached hydrogens (primary N) is 1. The van der Waals surface area contributed by atoms with Crippen molar-refractivity contribution in [3.05, 3.63) is 19.2 Å². The van der Waals surface area contributed by atoms with E-state index in [4.69, 9.17) is 5.73 Å². The minimum atomic E-state index is 0.306. The fourth-order valence-electron chi connectivity index (χ4n) is 2.06. The topological polar surface area (TPSA) is 29.3 Å². The molecule has 1 rings (SSSR count). The Morgan fingerprint density at radius 2 is 1.89 bits per heavy atom. The molecule has 1 heterocycles. The van der Waals surface area contributed by atoms with Crippen molar-refractivity contribution in [2.24, 2.45) is 11.7 Å². The van der Waals surface area contributed by atoms with Gasteiger partial charge in [-0.2, -0.15) is 0 Å².